The van der Waals surface area contributed by atoms with Gasteiger partial charge < -0.3 is 0 Å². The number of allylic oxidation sites excluding steroid dienone is 2. The fourth-order valence-electron chi connectivity index (χ4n) is 4.46. The molecular formula is C23H20N4O7. The quantitative estimate of drug-likeness (QED) is 0.276. The van der Waals surface area contributed by atoms with Gasteiger partial charge in [-0.05, 0) is 24.5 Å². The van der Waals surface area contributed by atoms with Crippen LogP contribution in [0.3, 0.4) is 0 Å². The number of imide groups is 1. The first kappa shape index (κ1) is 22.8. The Bertz CT molecular complexity index is 1220. The Hall–Kier alpha value is -4.41. The van der Waals surface area contributed by atoms with E-state index in [0.29, 0.717) is 6.42 Å². The molecule has 1 aliphatic heterocycles. The molecule has 2 aromatic carbocycles. The summed E-state index contributed by atoms with van der Waals surface area (Å²) in [6.45, 7) is 1.40. The van der Waals surface area contributed by atoms with E-state index in [2.05, 4.69) is 0 Å². The van der Waals surface area contributed by atoms with Crippen LogP contribution in [0.25, 0.3) is 0 Å². The van der Waals surface area contributed by atoms with Gasteiger partial charge in [0.05, 0.1) is 33.8 Å². The number of hydrogen-bond acceptors (Lipinski definition) is 7. The summed E-state index contributed by atoms with van der Waals surface area (Å²) in [4.78, 5) is 61.4. The molecule has 174 valence electrons. The van der Waals surface area contributed by atoms with E-state index in [1.165, 1.54) is 30.3 Å². The minimum Gasteiger partial charge on any atom is -0.272 e. The van der Waals surface area contributed by atoms with Crippen LogP contribution >= 0.6 is 0 Å². The van der Waals surface area contributed by atoms with E-state index in [1.807, 2.05) is 19.1 Å². The van der Waals surface area contributed by atoms with E-state index in [0.717, 1.165) is 22.2 Å². The Morgan fingerprint density at radius 3 is 2.32 bits per heavy atom. The molecule has 0 radical (unpaired) electrons. The lowest BCUT2D eigenvalue weighted by Crippen LogP contribution is -2.50. The van der Waals surface area contributed by atoms with Crippen LogP contribution in [0.5, 0.6) is 0 Å². The van der Waals surface area contributed by atoms with Crippen LogP contribution in [0.4, 0.5) is 11.4 Å². The average Bonchev–Trinajstić information content (AvgIpc) is 3.08. The maximum atomic E-state index is 13.5. The van der Waals surface area contributed by atoms with Crippen molar-refractivity contribution in [2.24, 2.45) is 17.8 Å². The Balaban J connectivity index is 1.76. The summed E-state index contributed by atoms with van der Waals surface area (Å²) in [5, 5.41) is 24.2. The number of amides is 3. The summed E-state index contributed by atoms with van der Waals surface area (Å²) < 4.78 is 0. The molecule has 34 heavy (non-hydrogen) atoms. The molecule has 0 aromatic heterocycles. The number of nitro groups is 2. The van der Waals surface area contributed by atoms with Gasteiger partial charge in [-0.15, -0.1) is 0 Å². The fourth-order valence-corrected chi connectivity index (χ4v) is 4.46. The largest absolute Gasteiger partial charge is 0.274 e. The highest BCUT2D eigenvalue weighted by molar-refractivity contribution is 6.08. The van der Waals surface area contributed by atoms with Crippen molar-refractivity contribution in [2.45, 2.75) is 19.9 Å². The van der Waals surface area contributed by atoms with E-state index >= 15 is 0 Å². The predicted octanol–water partition coefficient (Wildman–Crippen LogP) is 3.26. The molecule has 0 unspecified atom stereocenters. The van der Waals surface area contributed by atoms with Gasteiger partial charge in [0.2, 0.25) is 0 Å². The molecule has 3 atom stereocenters. The van der Waals surface area contributed by atoms with Crippen LogP contribution in [0.1, 0.15) is 29.3 Å². The van der Waals surface area contributed by atoms with Gasteiger partial charge in [0.1, 0.15) is 0 Å². The van der Waals surface area contributed by atoms with E-state index < -0.39 is 45.9 Å². The molecule has 1 fully saturated rings. The Kier molecular flexibility index (Phi) is 5.93. The zero-order valence-electron chi connectivity index (χ0n) is 18.1. The van der Waals surface area contributed by atoms with Crippen LogP contribution in [0, 0.1) is 38.0 Å². The molecule has 1 saturated heterocycles. The lowest BCUT2D eigenvalue weighted by molar-refractivity contribution is -0.385. The first-order valence-electron chi connectivity index (χ1n) is 10.5. The molecular weight excluding hydrogens is 444 g/mol. The maximum Gasteiger partial charge on any atom is 0.274 e. The van der Waals surface area contributed by atoms with Gasteiger partial charge in [0.15, 0.2) is 0 Å². The van der Waals surface area contributed by atoms with Crippen molar-refractivity contribution in [3.8, 4) is 0 Å². The Morgan fingerprint density at radius 1 is 1.03 bits per heavy atom. The molecule has 1 heterocycles. The van der Waals surface area contributed by atoms with E-state index in [1.54, 1.807) is 6.07 Å². The molecule has 3 amide bonds. The molecule has 11 nitrogen and oxygen atoms in total. The van der Waals surface area contributed by atoms with Crippen LogP contribution in [0.15, 0.2) is 60.7 Å². The molecule has 2 aliphatic rings. The molecule has 0 bridgehead atoms. The summed E-state index contributed by atoms with van der Waals surface area (Å²) >= 11 is 0. The second-order valence-electron chi connectivity index (χ2n) is 8.20. The van der Waals surface area contributed by atoms with Gasteiger partial charge in [-0.3, -0.25) is 34.6 Å². The topological polar surface area (TPSA) is 144 Å². The monoisotopic (exact) mass is 464 g/mol. The van der Waals surface area contributed by atoms with Crippen molar-refractivity contribution in [3.05, 3.63) is 92.0 Å². The van der Waals surface area contributed by atoms with Gasteiger partial charge in [-0.1, -0.05) is 37.3 Å². The van der Waals surface area contributed by atoms with E-state index in [9.17, 15) is 34.6 Å². The number of rotatable bonds is 6. The van der Waals surface area contributed by atoms with Gasteiger partial charge in [-0.25, -0.2) is 5.01 Å². The van der Waals surface area contributed by atoms with E-state index in [4.69, 9.17) is 0 Å². The van der Waals surface area contributed by atoms with E-state index in [-0.39, 0.29) is 28.4 Å². The van der Waals surface area contributed by atoms with Gasteiger partial charge >= 0.3 is 0 Å². The zero-order chi connectivity index (χ0) is 24.6. The van der Waals surface area contributed by atoms with Crippen LogP contribution in [0.2, 0.25) is 0 Å². The molecule has 0 spiro atoms. The van der Waals surface area contributed by atoms with Crippen molar-refractivity contribution in [2.75, 3.05) is 0 Å². The van der Waals surface area contributed by atoms with Crippen molar-refractivity contribution in [3.63, 3.8) is 0 Å². The number of carbonyl (C=O) groups excluding carboxylic acids is 3. The summed E-state index contributed by atoms with van der Waals surface area (Å²) in [6, 6.07) is 10.4. The summed E-state index contributed by atoms with van der Waals surface area (Å²) in [6.07, 6.45) is 4.02. The molecule has 1 aliphatic carbocycles. The van der Waals surface area contributed by atoms with Crippen molar-refractivity contribution >= 4 is 29.1 Å². The number of fused-ring (bicyclic) bond motifs is 1. The third kappa shape index (κ3) is 3.91. The average molecular weight is 464 g/mol. The SMILES string of the molecule is C[C@@H]1C=CC[C@@H]2C(=O)N(N(Cc3ccccc3[N+](=O)[O-])C(=O)c3ccc([N+](=O)[O-])cc3)C(=O)[C@H]12. The van der Waals surface area contributed by atoms with Crippen molar-refractivity contribution in [1.29, 1.82) is 0 Å². The highest BCUT2D eigenvalue weighted by Gasteiger charge is 2.53. The first-order chi connectivity index (χ1) is 16.2. The standard InChI is InChI=1S/C23H20N4O7/c1-14-5-4-7-18-20(14)23(30)25(22(18)29)24(13-16-6-2-3-8-19(16)27(33)34)21(28)15-9-11-17(12-10-15)26(31)32/h2-6,8-12,14,18,20H,7,13H2,1H3/t14-,18+,20-/m1/s1. The predicted molar refractivity (Wildman–Crippen MR) is 118 cm³/mol. The molecule has 0 N–H and O–H groups in total. The molecule has 4 rings (SSSR count). The third-order valence-corrected chi connectivity index (χ3v) is 6.16. The van der Waals surface area contributed by atoms with Crippen LogP contribution in [-0.2, 0) is 16.1 Å². The second kappa shape index (κ2) is 8.85. The summed E-state index contributed by atoms with van der Waals surface area (Å²) in [7, 11) is 0. The highest BCUT2D eigenvalue weighted by Crippen LogP contribution is 2.40. The number of hydrazine groups is 1. The maximum absolute atomic E-state index is 13.5. The number of para-hydroxylation sites is 1. The summed E-state index contributed by atoms with van der Waals surface area (Å²) in [5.74, 6) is -3.39. The van der Waals surface area contributed by atoms with Gasteiger partial charge in [-0.2, -0.15) is 5.01 Å². The van der Waals surface area contributed by atoms with Gasteiger partial charge in [0, 0.05) is 23.8 Å². The smallest absolute Gasteiger partial charge is 0.272 e. The molecule has 11 heteroatoms. The second-order valence-corrected chi connectivity index (χ2v) is 8.20. The number of nitrogens with zero attached hydrogens (tertiary/aromatic N) is 4. The highest BCUT2D eigenvalue weighted by atomic mass is 16.6. The lowest BCUT2D eigenvalue weighted by Gasteiger charge is -2.30. The van der Waals surface area contributed by atoms with Gasteiger partial charge in [0.25, 0.3) is 29.1 Å². The molecule has 2 aromatic rings. The van der Waals surface area contributed by atoms with Crippen molar-refractivity contribution < 1.29 is 24.2 Å². The Labute approximate surface area is 193 Å². The number of carbonyl (C=O) groups is 3. The number of non-ortho nitro benzene ring substituents is 1. The zero-order valence-corrected chi connectivity index (χ0v) is 18.1. The minimum absolute atomic E-state index is 0.00849. The van der Waals surface area contributed by atoms with Crippen LogP contribution < -0.4 is 0 Å². The van der Waals surface area contributed by atoms with Crippen LogP contribution in [-0.4, -0.2) is 37.6 Å². The summed E-state index contributed by atoms with van der Waals surface area (Å²) in [5.41, 5.74) is -0.383. The molecule has 0 saturated carbocycles. The van der Waals surface area contributed by atoms with Crippen molar-refractivity contribution in [1.82, 2.24) is 10.0 Å². The normalized spacial score (nSPS) is 21.3. The third-order valence-electron chi connectivity index (χ3n) is 6.16. The Morgan fingerprint density at radius 2 is 1.71 bits per heavy atom. The lowest BCUT2D eigenvalue weighted by atomic mass is 9.78. The minimum atomic E-state index is -0.783. The number of nitro benzene ring substituents is 2. The number of hydrogen-bond donors (Lipinski definition) is 0. The number of benzene rings is 2. The fraction of sp³-hybridized carbons (Fsp3) is 0.261. The first-order valence-corrected chi connectivity index (χ1v) is 10.5.